The number of benzene rings is 2. The summed E-state index contributed by atoms with van der Waals surface area (Å²) in [6.45, 7) is 6.69. The summed E-state index contributed by atoms with van der Waals surface area (Å²) in [6, 6.07) is 21.7. The minimum atomic E-state index is -0.112. The second-order valence-corrected chi connectivity index (χ2v) is 8.32. The Morgan fingerprint density at radius 2 is 1.73 bits per heavy atom. The molecular formula is C25H26N4O. The van der Waals surface area contributed by atoms with Gasteiger partial charge in [-0.3, -0.25) is 4.79 Å². The van der Waals surface area contributed by atoms with Crippen molar-refractivity contribution < 1.29 is 4.79 Å². The van der Waals surface area contributed by atoms with Gasteiger partial charge in [0.15, 0.2) is 11.4 Å². The lowest BCUT2D eigenvalue weighted by atomic mass is 9.84. The van der Waals surface area contributed by atoms with Gasteiger partial charge < -0.3 is 5.73 Å². The van der Waals surface area contributed by atoms with E-state index in [2.05, 4.69) is 23.9 Å². The third-order valence-corrected chi connectivity index (χ3v) is 5.51. The zero-order valence-electron chi connectivity index (χ0n) is 17.6. The number of nitrogens with two attached hydrogens (primary N) is 1. The van der Waals surface area contributed by atoms with E-state index in [1.54, 1.807) is 0 Å². The number of Topliss-reactive ketones (excluding diaryl/α,β-unsaturated/α-hetero) is 1. The largest absolute Gasteiger partial charge is 0.330 e. The van der Waals surface area contributed by atoms with Crippen molar-refractivity contribution in [3.63, 3.8) is 0 Å². The lowest BCUT2D eigenvalue weighted by Gasteiger charge is -2.23. The summed E-state index contributed by atoms with van der Waals surface area (Å²) in [7, 11) is 0. The molecule has 4 aromatic rings. The Kier molecular flexibility index (Phi) is 5.22. The fraction of sp³-hybridized carbons (Fsp3) is 0.240. The molecule has 0 atom stereocenters. The summed E-state index contributed by atoms with van der Waals surface area (Å²) >= 11 is 0. The van der Waals surface area contributed by atoms with Crippen LogP contribution in [0.4, 0.5) is 0 Å². The summed E-state index contributed by atoms with van der Waals surface area (Å²) < 4.78 is 1.84. The third-order valence-electron chi connectivity index (χ3n) is 5.51. The van der Waals surface area contributed by atoms with Crippen LogP contribution in [0.1, 0.15) is 41.2 Å². The fourth-order valence-electron chi connectivity index (χ4n) is 3.54. The topological polar surface area (TPSA) is 73.3 Å². The zero-order valence-corrected chi connectivity index (χ0v) is 17.6. The van der Waals surface area contributed by atoms with Gasteiger partial charge in [-0.05, 0) is 18.6 Å². The molecule has 0 aliphatic carbocycles. The lowest BCUT2D eigenvalue weighted by molar-refractivity contribution is 0.0992. The molecule has 0 unspecified atom stereocenters. The van der Waals surface area contributed by atoms with Crippen LogP contribution in [-0.4, -0.2) is 26.9 Å². The number of carbonyl (C=O) groups excluding carboxylic acids is 1. The second kappa shape index (κ2) is 7.84. The van der Waals surface area contributed by atoms with Gasteiger partial charge in [0.1, 0.15) is 0 Å². The maximum atomic E-state index is 12.9. The van der Waals surface area contributed by atoms with Crippen molar-refractivity contribution in [2.24, 2.45) is 5.73 Å². The van der Waals surface area contributed by atoms with E-state index < -0.39 is 0 Å². The molecule has 0 spiro atoms. The van der Waals surface area contributed by atoms with Crippen LogP contribution in [0.5, 0.6) is 0 Å². The van der Waals surface area contributed by atoms with Crippen LogP contribution in [0.25, 0.3) is 16.9 Å². The Hall–Kier alpha value is -3.31. The maximum absolute atomic E-state index is 12.9. The van der Waals surface area contributed by atoms with Crippen molar-refractivity contribution in [1.82, 2.24) is 14.6 Å². The average molecular weight is 399 g/mol. The lowest BCUT2D eigenvalue weighted by Crippen LogP contribution is -2.28. The van der Waals surface area contributed by atoms with E-state index in [4.69, 9.17) is 5.73 Å². The number of hydrogen-bond acceptors (Lipinski definition) is 4. The number of aromatic nitrogens is 3. The molecule has 0 aliphatic rings. The molecule has 2 aromatic heterocycles. The molecular weight excluding hydrogens is 372 g/mol. The van der Waals surface area contributed by atoms with E-state index >= 15 is 0 Å². The first-order valence-electron chi connectivity index (χ1n) is 10.1. The van der Waals surface area contributed by atoms with Gasteiger partial charge in [0, 0.05) is 29.2 Å². The van der Waals surface area contributed by atoms with Gasteiger partial charge in [0.2, 0.25) is 0 Å². The molecule has 4 rings (SSSR count). The maximum Gasteiger partial charge on any atom is 0.168 e. The zero-order chi connectivity index (χ0) is 21.3. The first-order valence-corrected chi connectivity index (χ1v) is 10.1. The van der Waals surface area contributed by atoms with Crippen LogP contribution < -0.4 is 5.73 Å². The van der Waals surface area contributed by atoms with E-state index in [9.17, 15) is 4.79 Å². The molecule has 5 heteroatoms. The van der Waals surface area contributed by atoms with Crippen LogP contribution in [0.3, 0.4) is 0 Å². The highest BCUT2D eigenvalue weighted by Crippen LogP contribution is 2.24. The number of carbonyl (C=O) groups is 1. The molecule has 0 aliphatic heterocycles. The van der Waals surface area contributed by atoms with Crippen molar-refractivity contribution in [2.75, 3.05) is 6.54 Å². The molecule has 2 aromatic carbocycles. The molecule has 5 nitrogen and oxygen atoms in total. The van der Waals surface area contributed by atoms with Gasteiger partial charge in [-0.1, -0.05) is 68.4 Å². The van der Waals surface area contributed by atoms with Crippen LogP contribution >= 0.6 is 0 Å². The Labute approximate surface area is 176 Å². The summed E-state index contributed by atoms with van der Waals surface area (Å²) in [5.41, 5.74) is 11.9. The van der Waals surface area contributed by atoms with E-state index in [-0.39, 0.29) is 17.6 Å². The van der Waals surface area contributed by atoms with E-state index in [1.165, 1.54) is 0 Å². The summed E-state index contributed by atoms with van der Waals surface area (Å²) in [6.07, 6.45) is 0.236. The molecule has 0 bridgehead atoms. The van der Waals surface area contributed by atoms with Crippen molar-refractivity contribution in [3.8, 4) is 11.3 Å². The quantitative estimate of drug-likeness (QED) is 0.490. The van der Waals surface area contributed by atoms with Gasteiger partial charge in [-0.15, -0.1) is 0 Å². The van der Waals surface area contributed by atoms with Gasteiger partial charge in [0.05, 0.1) is 23.5 Å². The van der Waals surface area contributed by atoms with E-state index in [0.29, 0.717) is 12.1 Å². The Morgan fingerprint density at radius 1 is 1.03 bits per heavy atom. The Balaban J connectivity index is 1.66. The molecule has 152 valence electrons. The Morgan fingerprint density at radius 3 is 2.40 bits per heavy atom. The minimum Gasteiger partial charge on any atom is -0.330 e. The predicted molar refractivity (Wildman–Crippen MR) is 120 cm³/mol. The number of rotatable bonds is 6. The number of ketones is 1. The summed E-state index contributed by atoms with van der Waals surface area (Å²) in [5.74, 6) is 0.0409. The third kappa shape index (κ3) is 3.89. The Bertz CT molecular complexity index is 1190. The van der Waals surface area contributed by atoms with Crippen molar-refractivity contribution in [2.45, 2.75) is 32.6 Å². The highest BCUT2D eigenvalue weighted by atomic mass is 16.1. The van der Waals surface area contributed by atoms with E-state index in [0.717, 1.165) is 33.9 Å². The monoisotopic (exact) mass is 398 g/mol. The molecule has 2 heterocycles. The van der Waals surface area contributed by atoms with Crippen LogP contribution in [0.15, 0.2) is 66.7 Å². The highest BCUT2D eigenvalue weighted by Gasteiger charge is 2.19. The summed E-state index contributed by atoms with van der Waals surface area (Å²) in [4.78, 5) is 17.6. The van der Waals surface area contributed by atoms with Crippen molar-refractivity contribution in [3.05, 3.63) is 89.2 Å². The standard InChI is InChI=1S/C25H26N4O/c1-17-13-24-27-21(14-22(29(24)28-17)18-7-5-4-6-8-18)15-23(30)19-9-11-20(12-10-19)25(2,3)16-26/h4-14H,15-16,26H2,1-3H3. The molecule has 0 saturated heterocycles. The number of aryl methyl sites for hydroxylation is 1. The van der Waals surface area contributed by atoms with Gasteiger partial charge >= 0.3 is 0 Å². The number of nitrogens with zero attached hydrogens (tertiary/aromatic N) is 3. The first-order chi connectivity index (χ1) is 14.4. The SMILES string of the molecule is Cc1cc2nc(CC(=O)c3ccc(C(C)(C)CN)cc3)cc(-c3ccccc3)n2n1. The minimum absolute atomic E-state index is 0.0409. The first kappa shape index (κ1) is 20.0. The number of fused-ring (bicyclic) bond motifs is 1. The van der Waals surface area contributed by atoms with Crippen LogP contribution in [0, 0.1) is 6.92 Å². The van der Waals surface area contributed by atoms with Gasteiger partial charge in [0.25, 0.3) is 0 Å². The van der Waals surface area contributed by atoms with Crippen molar-refractivity contribution in [1.29, 1.82) is 0 Å². The summed E-state index contributed by atoms with van der Waals surface area (Å²) in [5, 5.41) is 4.57. The molecule has 0 fully saturated rings. The second-order valence-electron chi connectivity index (χ2n) is 8.32. The smallest absolute Gasteiger partial charge is 0.168 e. The van der Waals surface area contributed by atoms with Crippen LogP contribution in [0.2, 0.25) is 0 Å². The van der Waals surface area contributed by atoms with Crippen LogP contribution in [-0.2, 0) is 11.8 Å². The predicted octanol–water partition coefficient (Wildman–Crippen LogP) is 4.37. The molecule has 0 amide bonds. The van der Waals surface area contributed by atoms with Gasteiger partial charge in [-0.25, -0.2) is 9.50 Å². The number of hydrogen-bond donors (Lipinski definition) is 1. The highest BCUT2D eigenvalue weighted by molar-refractivity contribution is 5.97. The molecule has 0 saturated carbocycles. The molecule has 0 radical (unpaired) electrons. The van der Waals surface area contributed by atoms with Crippen molar-refractivity contribution >= 4 is 11.4 Å². The normalized spacial score (nSPS) is 11.7. The van der Waals surface area contributed by atoms with Gasteiger partial charge in [-0.2, -0.15) is 5.10 Å². The van der Waals surface area contributed by atoms with E-state index in [1.807, 2.05) is 78.2 Å². The molecule has 2 N–H and O–H groups in total. The average Bonchev–Trinajstić information content (AvgIpc) is 3.14. The fourth-order valence-corrected chi connectivity index (χ4v) is 3.54. The molecule has 30 heavy (non-hydrogen) atoms.